The normalized spacial score (nSPS) is 11.6. The molecule has 0 fully saturated rings. The summed E-state index contributed by atoms with van der Waals surface area (Å²) in [6, 6.07) is 4.93. The smallest absolute Gasteiger partial charge is 0.241 e. The van der Waals surface area contributed by atoms with Crippen LogP contribution in [-0.4, -0.2) is 15.5 Å². The molecule has 24 heavy (non-hydrogen) atoms. The van der Waals surface area contributed by atoms with Crippen LogP contribution >= 0.6 is 0 Å². The number of sulfonamides is 1. The first-order valence-electron chi connectivity index (χ1n) is 7.25. The number of hydrogen-bond acceptors (Lipinski definition) is 3. The van der Waals surface area contributed by atoms with Gasteiger partial charge in [0.1, 0.15) is 5.75 Å². The lowest BCUT2D eigenvalue weighted by Gasteiger charge is -2.16. The summed E-state index contributed by atoms with van der Waals surface area (Å²) in [5.74, 6) is -1.37. The fourth-order valence-electron chi connectivity index (χ4n) is 2.55. The highest BCUT2D eigenvalue weighted by molar-refractivity contribution is 7.89. The van der Waals surface area contributed by atoms with Gasteiger partial charge in [-0.25, -0.2) is 21.9 Å². The van der Waals surface area contributed by atoms with Gasteiger partial charge >= 0.3 is 0 Å². The quantitative estimate of drug-likeness (QED) is 0.895. The maximum Gasteiger partial charge on any atom is 0.241 e. The van der Waals surface area contributed by atoms with Crippen LogP contribution in [0.3, 0.4) is 0 Å². The molecule has 2 aromatic carbocycles. The zero-order valence-corrected chi connectivity index (χ0v) is 14.7. The van der Waals surface area contributed by atoms with Crippen LogP contribution in [0.25, 0.3) is 0 Å². The molecule has 0 aliphatic heterocycles. The number of ether oxygens (including phenoxy) is 1. The summed E-state index contributed by atoms with van der Waals surface area (Å²) in [6.07, 6.45) is 0. The van der Waals surface area contributed by atoms with Gasteiger partial charge in [0.05, 0.1) is 12.0 Å². The molecule has 1 N–H and O–H groups in total. The molecule has 0 unspecified atom stereocenters. The first-order chi connectivity index (χ1) is 11.2. The predicted molar refractivity (Wildman–Crippen MR) is 87.6 cm³/mol. The molecule has 0 atom stereocenters. The van der Waals surface area contributed by atoms with Gasteiger partial charge in [0, 0.05) is 6.54 Å². The minimum Gasteiger partial charge on any atom is -0.496 e. The number of hydrogen-bond donors (Lipinski definition) is 1. The van der Waals surface area contributed by atoms with Crippen molar-refractivity contribution in [2.24, 2.45) is 0 Å². The number of halogens is 2. The summed E-state index contributed by atoms with van der Waals surface area (Å²) in [7, 11) is -2.29. The Morgan fingerprint density at radius 3 is 2.29 bits per heavy atom. The Hall–Kier alpha value is -1.99. The van der Waals surface area contributed by atoms with E-state index < -0.39 is 21.7 Å². The second-order valence-electron chi connectivity index (χ2n) is 5.55. The zero-order valence-electron chi connectivity index (χ0n) is 13.9. The van der Waals surface area contributed by atoms with E-state index in [-0.39, 0.29) is 11.4 Å². The van der Waals surface area contributed by atoms with Crippen LogP contribution in [-0.2, 0) is 16.6 Å². The predicted octanol–water partition coefficient (Wildman–Crippen LogP) is 3.38. The first-order valence-corrected chi connectivity index (χ1v) is 8.74. The Kier molecular flexibility index (Phi) is 5.25. The monoisotopic (exact) mass is 355 g/mol. The molecule has 0 heterocycles. The van der Waals surface area contributed by atoms with E-state index in [1.54, 1.807) is 26.8 Å². The number of benzene rings is 2. The fraction of sp³-hybridized carbons (Fsp3) is 0.294. The third-order valence-electron chi connectivity index (χ3n) is 3.92. The lowest BCUT2D eigenvalue weighted by Crippen LogP contribution is -2.25. The van der Waals surface area contributed by atoms with Crippen LogP contribution in [0.15, 0.2) is 29.2 Å². The number of methoxy groups -OCH3 is 1. The van der Waals surface area contributed by atoms with Gasteiger partial charge in [0.2, 0.25) is 10.0 Å². The lowest BCUT2D eigenvalue weighted by atomic mass is 10.1. The SMILES string of the molecule is COc1cc(C)c(S(=O)(=O)NCc2ccc(F)c(F)c2)c(C)c1C. The average molecular weight is 355 g/mol. The average Bonchev–Trinajstić information content (AvgIpc) is 2.52. The summed E-state index contributed by atoms with van der Waals surface area (Å²) in [6.45, 7) is 5.03. The second kappa shape index (κ2) is 6.86. The molecule has 0 bridgehead atoms. The van der Waals surface area contributed by atoms with E-state index in [9.17, 15) is 17.2 Å². The van der Waals surface area contributed by atoms with Crippen molar-refractivity contribution in [3.05, 3.63) is 58.2 Å². The molecule has 2 aromatic rings. The molecule has 130 valence electrons. The van der Waals surface area contributed by atoms with Gasteiger partial charge in [-0.2, -0.15) is 0 Å². The minimum atomic E-state index is -3.81. The second-order valence-corrected chi connectivity index (χ2v) is 7.25. The van der Waals surface area contributed by atoms with Gasteiger partial charge < -0.3 is 4.74 Å². The van der Waals surface area contributed by atoms with Crippen LogP contribution in [0.4, 0.5) is 8.78 Å². The van der Waals surface area contributed by atoms with Crippen LogP contribution in [0.5, 0.6) is 5.75 Å². The van der Waals surface area contributed by atoms with Crippen molar-refractivity contribution in [1.29, 1.82) is 0 Å². The molecule has 0 aromatic heterocycles. The summed E-state index contributed by atoms with van der Waals surface area (Å²) < 4.78 is 59.1. The molecule has 7 heteroatoms. The van der Waals surface area contributed by atoms with E-state index in [0.29, 0.717) is 22.4 Å². The number of aryl methyl sites for hydroxylation is 1. The van der Waals surface area contributed by atoms with E-state index in [4.69, 9.17) is 4.74 Å². The largest absolute Gasteiger partial charge is 0.496 e. The molecule has 0 radical (unpaired) electrons. The molecule has 0 amide bonds. The fourth-order valence-corrected chi connectivity index (χ4v) is 4.09. The molecule has 0 saturated heterocycles. The summed E-state index contributed by atoms with van der Waals surface area (Å²) in [5.41, 5.74) is 2.20. The van der Waals surface area contributed by atoms with Crippen LogP contribution in [0.2, 0.25) is 0 Å². The van der Waals surface area contributed by atoms with Crippen molar-refractivity contribution >= 4 is 10.0 Å². The Labute approximate surface area is 140 Å². The van der Waals surface area contributed by atoms with Crippen molar-refractivity contribution < 1.29 is 21.9 Å². The third-order valence-corrected chi connectivity index (χ3v) is 5.61. The number of rotatable bonds is 5. The Balaban J connectivity index is 2.34. The van der Waals surface area contributed by atoms with E-state index in [0.717, 1.165) is 17.7 Å². The molecule has 4 nitrogen and oxygen atoms in total. The van der Waals surface area contributed by atoms with Crippen molar-refractivity contribution in [2.75, 3.05) is 7.11 Å². The highest BCUT2D eigenvalue weighted by Gasteiger charge is 2.22. The van der Waals surface area contributed by atoms with E-state index in [1.807, 2.05) is 0 Å². The van der Waals surface area contributed by atoms with Crippen LogP contribution in [0, 0.1) is 32.4 Å². The minimum absolute atomic E-state index is 0.135. The van der Waals surface area contributed by atoms with Gasteiger partial charge in [-0.05, 0) is 61.2 Å². The summed E-state index contributed by atoms with van der Waals surface area (Å²) in [4.78, 5) is 0.170. The molecule has 0 saturated carbocycles. The first kappa shape index (κ1) is 18.4. The van der Waals surface area contributed by atoms with Gasteiger partial charge in [0.25, 0.3) is 0 Å². The van der Waals surface area contributed by atoms with Crippen molar-refractivity contribution in [3.8, 4) is 5.75 Å². The molecule has 0 aliphatic rings. The zero-order chi connectivity index (χ0) is 18.1. The van der Waals surface area contributed by atoms with Gasteiger partial charge in [0.15, 0.2) is 11.6 Å². The molecule has 2 rings (SSSR count). The summed E-state index contributed by atoms with van der Waals surface area (Å²) in [5, 5.41) is 0. The standard InChI is InChI=1S/C17H19F2NO3S/c1-10-7-16(23-4)11(2)12(3)17(10)24(21,22)20-9-13-5-6-14(18)15(19)8-13/h5-8,20H,9H2,1-4H3. The lowest BCUT2D eigenvalue weighted by molar-refractivity contribution is 0.410. The van der Waals surface area contributed by atoms with Gasteiger partial charge in [-0.3, -0.25) is 0 Å². The van der Waals surface area contributed by atoms with Crippen LogP contribution in [0.1, 0.15) is 22.3 Å². The molecule has 0 spiro atoms. The Morgan fingerprint density at radius 1 is 1.04 bits per heavy atom. The van der Waals surface area contributed by atoms with E-state index in [1.165, 1.54) is 13.2 Å². The highest BCUT2D eigenvalue weighted by Crippen LogP contribution is 2.30. The molecular formula is C17H19F2NO3S. The molecular weight excluding hydrogens is 336 g/mol. The third kappa shape index (κ3) is 3.57. The van der Waals surface area contributed by atoms with E-state index >= 15 is 0 Å². The van der Waals surface area contributed by atoms with Crippen molar-refractivity contribution in [3.63, 3.8) is 0 Å². The van der Waals surface area contributed by atoms with Gasteiger partial charge in [-0.1, -0.05) is 6.07 Å². The Bertz CT molecular complexity index is 880. The Morgan fingerprint density at radius 2 is 1.71 bits per heavy atom. The highest BCUT2D eigenvalue weighted by atomic mass is 32.2. The van der Waals surface area contributed by atoms with Crippen molar-refractivity contribution in [1.82, 2.24) is 4.72 Å². The topological polar surface area (TPSA) is 55.4 Å². The maximum absolute atomic E-state index is 13.2. The van der Waals surface area contributed by atoms with Crippen molar-refractivity contribution in [2.45, 2.75) is 32.2 Å². The van der Waals surface area contributed by atoms with Gasteiger partial charge in [-0.15, -0.1) is 0 Å². The summed E-state index contributed by atoms with van der Waals surface area (Å²) >= 11 is 0. The maximum atomic E-state index is 13.2. The van der Waals surface area contributed by atoms with Crippen LogP contribution < -0.4 is 9.46 Å². The molecule has 0 aliphatic carbocycles. The number of nitrogens with one attached hydrogen (secondary N) is 1. The van der Waals surface area contributed by atoms with E-state index in [2.05, 4.69) is 4.72 Å².